The Balaban J connectivity index is 2.07. The highest BCUT2D eigenvalue weighted by Crippen LogP contribution is 2.30. The summed E-state index contributed by atoms with van der Waals surface area (Å²) >= 11 is 0. The summed E-state index contributed by atoms with van der Waals surface area (Å²) in [6.07, 6.45) is 3.07. The van der Waals surface area contributed by atoms with Crippen LogP contribution in [0, 0.1) is 11.8 Å². The lowest BCUT2D eigenvalue weighted by molar-refractivity contribution is -0.137. The SMILES string of the molecule is CCC1(C(=O)N2CC(C)C(C)C2)CCCN1. The molecule has 2 saturated heterocycles. The van der Waals surface area contributed by atoms with E-state index in [1.165, 1.54) is 0 Å². The van der Waals surface area contributed by atoms with E-state index < -0.39 is 0 Å². The third-order valence-electron chi connectivity index (χ3n) is 4.53. The van der Waals surface area contributed by atoms with Gasteiger partial charge in [-0.25, -0.2) is 0 Å². The molecule has 2 rings (SSSR count). The lowest BCUT2D eigenvalue weighted by atomic mass is 9.92. The van der Waals surface area contributed by atoms with Crippen LogP contribution in [0.15, 0.2) is 0 Å². The van der Waals surface area contributed by atoms with E-state index in [0.717, 1.165) is 38.9 Å². The number of amides is 1. The van der Waals surface area contributed by atoms with Crippen molar-refractivity contribution in [1.29, 1.82) is 0 Å². The molecule has 0 aromatic heterocycles. The summed E-state index contributed by atoms with van der Waals surface area (Å²) in [7, 11) is 0. The quantitative estimate of drug-likeness (QED) is 0.773. The smallest absolute Gasteiger partial charge is 0.242 e. The Morgan fingerprint density at radius 3 is 2.44 bits per heavy atom. The van der Waals surface area contributed by atoms with Crippen LogP contribution in [0.1, 0.15) is 40.0 Å². The Hall–Kier alpha value is -0.570. The summed E-state index contributed by atoms with van der Waals surface area (Å²) in [4.78, 5) is 14.6. The lowest BCUT2D eigenvalue weighted by Crippen LogP contribution is -2.54. The Labute approximate surface area is 98.6 Å². The maximum atomic E-state index is 12.6. The van der Waals surface area contributed by atoms with Gasteiger partial charge in [-0.3, -0.25) is 4.79 Å². The molecule has 0 aliphatic carbocycles. The van der Waals surface area contributed by atoms with Crippen molar-refractivity contribution < 1.29 is 4.79 Å². The standard InChI is InChI=1S/C13H24N2O/c1-4-13(6-5-7-14-13)12(16)15-8-10(2)11(3)9-15/h10-11,14H,4-9H2,1-3H3. The number of rotatable bonds is 2. The normalized spacial score (nSPS) is 39.3. The molecule has 0 radical (unpaired) electrons. The zero-order valence-corrected chi connectivity index (χ0v) is 10.8. The molecule has 2 aliphatic heterocycles. The summed E-state index contributed by atoms with van der Waals surface area (Å²) in [5.41, 5.74) is -0.232. The number of hydrogen-bond acceptors (Lipinski definition) is 2. The number of likely N-dealkylation sites (tertiary alicyclic amines) is 1. The molecule has 92 valence electrons. The number of carbonyl (C=O) groups excluding carboxylic acids is 1. The molecule has 3 atom stereocenters. The molecule has 3 unspecified atom stereocenters. The molecule has 0 aromatic carbocycles. The van der Waals surface area contributed by atoms with Crippen molar-refractivity contribution in [3.05, 3.63) is 0 Å². The monoisotopic (exact) mass is 224 g/mol. The Kier molecular flexibility index (Phi) is 3.24. The minimum atomic E-state index is -0.232. The van der Waals surface area contributed by atoms with E-state index in [-0.39, 0.29) is 5.54 Å². The fourth-order valence-corrected chi connectivity index (χ4v) is 3.04. The third-order valence-corrected chi connectivity index (χ3v) is 4.53. The summed E-state index contributed by atoms with van der Waals surface area (Å²) in [5, 5.41) is 3.43. The van der Waals surface area contributed by atoms with Crippen molar-refractivity contribution >= 4 is 5.91 Å². The Morgan fingerprint density at radius 1 is 1.38 bits per heavy atom. The van der Waals surface area contributed by atoms with Gasteiger partial charge in [0, 0.05) is 13.1 Å². The van der Waals surface area contributed by atoms with Crippen LogP contribution in [0.3, 0.4) is 0 Å². The fraction of sp³-hybridized carbons (Fsp3) is 0.923. The maximum absolute atomic E-state index is 12.6. The Bertz CT molecular complexity index is 261. The van der Waals surface area contributed by atoms with Crippen LogP contribution in [0.4, 0.5) is 0 Å². The van der Waals surface area contributed by atoms with Crippen molar-refractivity contribution in [2.75, 3.05) is 19.6 Å². The number of hydrogen-bond donors (Lipinski definition) is 1. The molecule has 0 saturated carbocycles. The van der Waals surface area contributed by atoms with Crippen molar-refractivity contribution in [1.82, 2.24) is 10.2 Å². The summed E-state index contributed by atoms with van der Waals surface area (Å²) < 4.78 is 0. The number of nitrogens with zero attached hydrogens (tertiary/aromatic N) is 1. The van der Waals surface area contributed by atoms with Crippen molar-refractivity contribution in [2.24, 2.45) is 11.8 Å². The molecule has 1 amide bonds. The summed E-state index contributed by atoms with van der Waals surface area (Å²) in [6.45, 7) is 9.52. The van der Waals surface area contributed by atoms with Gasteiger partial charge in [-0.05, 0) is 37.6 Å². The van der Waals surface area contributed by atoms with Crippen LogP contribution < -0.4 is 5.32 Å². The van der Waals surface area contributed by atoms with E-state index in [9.17, 15) is 4.79 Å². The van der Waals surface area contributed by atoms with Gasteiger partial charge in [-0.2, -0.15) is 0 Å². The molecule has 2 aliphatic rings. The molecule has 16 heavy (non-hydrogen) atoms. The van der Waals surface area contributed by atoms with Crippen molar-refractivity contribution in [3.63, 3.8) is 0 Å². The van der Waals surface area contributed by atoms with E-state index in [1.807, 2.05) is 0 Å². The Morgan fingerprint density at radius 2 is 2.00 bits per heavy atom. The third kappa shape index (κ3) is 1.86. The second-order valence-corrected chi connectivity index (χ2v) is 5.63. The molecule has 2 fully saturated rings. The topological polar surface area (TPSA) is 32.3 Å². The van der Waals surface area contributed by atoms with Crippen LogP contribution in [0.2, 0.25) is 0 Å². The zero-order valence-electron chi connectivity index (χ0n) is 10.8. The van der Waals surface area contributed by atoms with Gasteiger partial charge in [0.2, 0.25) is 5.91 Å². The largest absolute Gasteiger partial charge is 0.341 e. The van der Waals surface area contributed by atoms with Gasteiger partial charge in [-0.15, -0.1) is 0 Å². The summed E-state index contributed by atoms with van der Waals surface area (Å²) in [5.74, 6) is 1.65. The van der Waals surface area contributed by atoms with Gasteiger partial charge in [0.25, 0.3) is 0 Å². The van der Waals surface area contributed by atoms with E-state index >= 15 is 0 Å². The molecule has 0 aromatic rings. The van der Waals surface area contributed by atoms with Gasteiger partial charge in [0.1, 0.15) is 0 Å². The van der Waals surface area contributed by atoms with Crippen molar-refractivity contribution in [2.45, 2.75) is 45.6 Å². The first-order valence-electron chi connectivity index (χ1n) is 6.63. The van der Waals surface area contributed by atoms with Crippen LogP contribution in [-0.4, -0.2) is 36.0 Å². The molecule has 0 bridgehead atoms. The van der Waals surface area contributed by atoms with E-state index in [4.69, 9.17) is 0 Å². The van der Waals surface area contributed by atoms with Crippen molar-refractivity contribution in [3.8, 4) is 0 Å². The van der Waals surface area contributed by atoms with Crippen LogP contribution in [0.5, 0.6) is 0 Å². The highest BCUT2D eigenvalue weighted by atomic mass is 16.2. The van der Waals surface area contributed by atoms with E-state index in [1.54, 1.807) is 0 Å². The minimum absolute atomic E-state index is 0.232. The molecule has 3 nitrogen and oxygen atoms in total. The average Bonchev–Trinajstić information content (AvgIpc) is 2.87. The molecular formula is C13H24N2O. The van der Waals surface area contributed by atoms with Crippen LogP contribution in [-0.2, 0) is 4.79 Å². The molecule has 3 heteroatoms. The maximum Gasteiger partial charge on any atom is 0.242 e. The van der Waals surface area contributed by atoms with Crippen LogP contribution >= 0.6 is 0 Å². The first-order chi connectivity index (χ1) is 7.59. The minimum Gasteiger partial charge on any atom is -0.341 e. The van der Waals surface area contributed by atoms with Gasteiger partial charge < -0.3 is 10.2 Å². The average molecular weight is 224 g/mol. The molecule has 0 spiro atoms. The first-order valence-corrected chi connectivity index (χ1v) is 6.63. The van der Waals surface area contributed by atoms with E-state index in [2.05, 4.69) is 31.0 Å². The highest BCUT2D eigenvalue weighted by Gasteiger charge is 2.44. The van der Waals surface area contributed by atoms with E-state index in [0.29, 0.717) is 17.7 Å². The predicted molar refractivity (Wildman–Crippen MR) is 65.2 cm³/mol. The van der Waals surface area contributed by atoms with Gasteiger partial charge >= 0.3 is 0 Å². The lowest BCUT2D eigenvalue weighted by Gasteiger charge is -2.31. The molecular weight excluding hydrogens is 200 g/mol. The predicted octanol–water partition coefficient (Wildman–Crippen LogP) is 1.63. The first kappa shape index (κ1) is 11.9. The number of carbonyl (C=O) groups is 1. The summed E-state index contributed by atoms with van der Waals surface area (Å²) in [6, 6.07) is 0. The highest BCUT2D eigenvalue weighted by molar-refractivity contribution is 5.87. The number of nitrogens with one attached hydrogen (secondary N) is 1. The second kappa shape index (κ2) is 4.36. The zero-order chi connectivity index (χ0) is 11.8. The van der Waals surface area contributed by atoms with Gasteiger partial charge in [-0.1, -0.05) is 20.8 Å². The fourth-order valence-electron chi connectivity index (χ4n) is 3.04. The molecule has 2 heterocycles. The van der Waals surface area contributed by atoms with Gasteiger partial charge in [0.15, 0.2) is 0 Å². The van der Waals surface area contributed by atoms with Gasteiger partial charge in [0.05, 0.1) is 5.54 Å². The van der Waals surface area contributed by atoms with Crippen LogP contribution in [0.25, 0.3) is 0 Å². The molecule has 1 N–H and O–H groups in total. The second-order valence-electron chi connectivity index (χ2n) is 5.63.